The zero-order chi connectivity index (χ0) is 19.1. The molecule has 1 fully saturated rings. The molecule has 4 rings (SSSR count). The van der Waals surface area contributed by atoms with E-state index in [1.807, 2.05) is 31.2 Å². The second-order valence-corrected chi connectivity index (χ2v) is 6.86. The molecule has 27 heavy (non-hydrogen) atoms. The van der Waals surface area contributed by atoms with Crippen molar-refractivity contribution in [3.8, 4) is 0 Å². The molecule has 1 saturated carbocycles. The molecule has 1 aliphatic heterocycles. The van der Waals surface area contributed by atoms with E-state index in [1.165, 1.54) is 4.68 Å². The van der Waals surface area contributed by atoms with Crippen LogP contribution in [0.25, 0.3) is 0 Å². The van der Waals surface area contributed by atoms with Crippen LogP contribution in [0.4, 0.5) is 5.82 Å². The van der Waals surface area contributed by atoms with Crippen LogP contribution in [0.2, 0.25) is 0 Å². The van der Waals surface area contributed by atoms with E-state index in [-0.39, 0.29) is 17.4 Å². The van der Waals surface area contributed by atoms with Crippen LogP contribution in [-0.4, -0.2) is 33.3 Å². The van der Waals surface area contributed by atoms with Crippen molar-refractivity contribution in [1.82, 2.24) is 9.78 Å². The number of rotatable bonds is 3. The minimum absolute atomic E-state index is 0.136. The van der Waals surface area contributed by atoms with E-state index in [9.17, 15) is 9.59 Å². The molecule has 7 nitrogen and oxygen atoms in total. The Morgan fingerprint density at radius 1 is 1.22 bits per heavy atom. The zero-order valence-electron chi connectivity index (χ0n) is 15.2. The second-order valence-electron chi connectivity index (χ2n) is 6.86. The molecular weight excluding hydrogens is 342 g/mol. The van der Waals surface area contributed by atoms with Gasteiger partial charge in [0.05, 0.1) is 17.0 Å². The highest BCUT2D eigenvalue weighted by Gasteiger charge is 2.29. The molecule has 7 heteroatoms. The van der Waals surface area contributed by atoms with Gasteiger partial charge in [-0.1, -0.05) is 24.3 Å². The lowest BCUT2D eigenvalue weighted by atomic mass is 10.1. The standard InChI is InChI=1S/C20H19N5O2/c1-11-5-4-6-15(9-11)19(27)22-17-10-16(14-7-8-14)24-25(17)20-21-13(3)12(2)18(26)23-20/h4-6,9-10,14H,2,7-8H2,1,3H3,(H,22,27). The maximum Gasteiger partial charge on any atom is 0.281 e. The van der Waals surface area contributed by atoms with Crippen LogP contribution in [0, 0.1) is 6.92 Å². The SMILES string of the molecule is C=C1C(=O)N=C(n2nc(C3CC3)cc2NC(=O)c2cccc(C)c2)N=C1C. The molecule has 0 bridgehead atoms. The summed E-state index contributed by atoms with van der Waals surface area (Å²) in [7, 11) is 0. The maximum absolute atomic E-state index is 12.7. The molecule has 0 radical (unpaired) electrons. The number of aliphatic imine (C=N–C) groups is 2. The average molecular weight is 361 g/mol. The minimum Gasteiger partial charge on any atom is -0.306 e. The van der Waals surface area contributed by atoms with Crippen LogP contribution >= 0.6 is 0 Å². The van der Waals surface area contributed by atoms with Gasteiger partial charge in [0.25, 0.3) is 17.8 Å². The van der Waals surface area contributed by atoms with E-state index >= 15 is 0 Å². The highest BCUT2D eigenvalue weighted by molar-refractivity contribution is 6.28. The van der Waals surface area contributed by atoms with Gasteiger partial charge in [0, 0.05) is 17.5 Å². The highest BCUT2D eigenvalue weighted by Crippen LogP contribution is 2.40. The molecule has 0 saturated heterocycles. The van der Waals surface area contributed by atoms with Crippen LogP contribution in [-0.2, 0) is 4.79 Å². The minimum atomic E-state index is -0.447. The summed E-state index contributed by atoms with van der Waals surface area (Å²) in [4.78, 5) is 33.0. The third-order valence-electron chi connectivity index (χ3n) is 4.60. The van der Waals surface area contributed by atoms with Crippen molar-refractivity contribution in [3.05, 3.63) is 59.3 Å². The van der Waals surface area contributed by atoms with Gasteiger partial charge in [-0.25, -0.2) is 4.99 Å². The van der Waals surface area contributed by atoms with Gasteiger partial charge in [-0.15, -0.1) is 0 Å². The number of aromatic nitrogens is 2. The molecule has 2 heterocycles. The molecule has 136 valence electrons. The Kier molecular flexibility index (Phi) is 4.07. The summed E-state index contributed by atoms with van der Waals surface area (Å²) in [5, 5.41) is 7.41. The number of carbonyl (C=O) groups excluding carboxylic acids is 2. The van der Waals surface area contributed by atoms with Crippen LogP contribution in [0.1, 0.15) is 47.3 Å². The predicted molar refractivity (Wildman–Crippen MR) is 103 cm³/mol. The van der Waals surface area contributed by atoms with Crippen molar-refractivity contribution >= 4 is 29.3 Å². The molecule has 0 atom stereocenters. The number of carbonyl (C=O) groups is 2. The fraction of sp³-hybridized carbons (Fsp3) is 0.250. The van der Waals surface area contributed by atoms with E-state index in [2.05, 4.69) is 27.0 Å². The van der Waals surface area contributed by atoms with Gasteiger partial charge in [-0.05, 0) is 38.8 Å². The van der Waals surface area contributed by atoms with Gasteiger partial charge >= 0.3 is 0 Å². The van der Waals surface area contributed by atoms with Crippen LogP contribution in [0.3, 0.4) is 0 Å². The number of hydrogen-bond acceptors (Lipinski definition) is 4. The Morgan fingerprint density at radius 2 is 2.00 bits per heavy atom. The number of anilines is 1. The van der Waals surface area contributed by atoms with E-state index < -0.39 is 5.91 Å². The fourth-order valence-corrected chi connectivity index (χ4v) is 2.84. The van der Waals surface area contributed by atoms with Gasteiger partial charge in [0.2, 0.25) is 0 Å². The third-order valence-corrected chi connectivity index (χ3v) is 4.60. The molecule has 2 aliphatic rings. The van der Waals surface area contributed by atoms with E-state index in [0.717, 1.165) is 24.1 Å². The fourth-order valence-electron chi connectivity index (χ4n) is 2.84. The molecule has 0 unspecified atom stereocenters. The summed E-state index contributed by atoms with van der Waals surface area (Å²) in [5.74, 6) is 0.253. The number of nitrogens with one attached hydrogen (secondary N) is 1. The third kappa shape index (κ3) is 3.36. The lowest BCUT2D eigenvalue weighted by Gasteiger charge is -2.13. The molecular formula is C20H19N5O2. The highest BCUT2D eigenvalue weighted by atomic mass is 16.2. The summed E-state index contributed by atoms with van der Waals surface area (Å²) < 4.78 is 1.43. The molecule has 1 aliphatic carbocycles. The number of nitrogens with zero attached hydrogens (tertiary/aromatic N) is 4. The Labute approximate surface area is 156 Å². The van der Waals surface area contributed by atoms with Crippen LogP contribution in [0.5, 0.6) is 0 Å². The van der Waals surface area contributed by atoms with E-state index in [0.29, 0.717) is 23.0 Å². The molecule has 1 N–H and O–H groups in total. The topological polar surface area (TPSA) is 88.7 Å². The molecule has 1 aromatic carbocycles. The number of hydrogen-bond donors (Lipinski definition) is 1. The Hall–Kier alpha value is -3.35. The average Bonchev–Trinajstić information content (AvgIpc) is 3.40. The largest absolute Gasteiger partial charge is 0.306 e. The lowest BCUT2D eigenvalue weighted by Crippen LogP contribution is -2.25. The van der Waals surface area contributed by atoms with E-state index in [4.69, 9.17) is 0 Å². The normalized spacial score (nSPS) is 16.8. The quantitative estimate of drug-likeness (QED) is 0.852. The smallest absolute Gasteiger partial charge is 0.281 e. The number of amides is 2. The number of aryl methyl sites for hydroxylation is 1. The first kappa shape index (κ1) is 17.1. The van der Waals surface area contributed by atoms with Crippen molar-refractivity contribution in [2.24, 2.45) is 9.98 Å². The summed E-state index contributed by atoms with van der Waals surface area (Å²) in [6, 6.07) is 9.15. The molecule has 2 amide bonds. The Balaban J connectivity index is 1.70. The van der Waals surface area contributed by atoms with Gasteiger partial charge < -0.3 is 5.32 Å². The zero-order valence-corrected chi connectivity index (χ0v) is 15.2. The first-order valence-electron chi connectivity index (χ1n) is 8.78. The maximum atomic E-state index is 12.7. The second kappa shape index (κ2) is 6.42. The summed E-state index contributed by atoms with van der Waals surface area (Å²) in [6.45, 7) is 7.31. The molecule has 0 spiro atoms. The summed E-state index contributed by atoms with van der Waals surface area (Å²) in [6.07, 6.45) is 2.12. The van der Waals surface area contributed by atoms with Crippen molar-refractivity contribution in [2.75, 3.05) is 5.32 Å². The Morgan fingerprint density at radius 3 is 2.67 bits per heavy atom. The van der Waals surface area contributed by atoms with Crippen LogP contribution in [0.15, 0.2) is 52.5 Å². The van der Waals surface area contributed by atoms with Crippen LogP contribution < -0.4 is 5.32 Å². The van der Waals surface area contributed by atoms with Gasteiger partial charge in [0.15, 0.2) is 0 Å². The lowest BCUT2D eigenvalue weighted by molar-refractivity contribution is -0.113. The summed E-state index contributed by atoms with van der Waals surface area (Å²) >= 11 is 0. The molecule has 1 aromatic heterocycles. The van der Waals surface area contributed by atoms with E-state index in [1.54, 1.807) is 13.0 Å². The van der Waals surface area contributed by atoms with Gasteiger partial charge in [-0.2, -0.15) is 14.8 Å². The van der Waals surface area contributed by atoms with Crippen molar-refractivity contribution < 1.29 is 9.59 Å². The van der Waals surface area contributed by atoms with Crippen molar-refractivity contribution in [2.45, 2.75) is 32.6 Å². The number of benzene rings is 1. The monoisotopic (exact) mass is 361 g/mol. The van der Waals surface area contributed by atoms with Crippen molar-refractivity contribution in [1.29, 1.82) is 0 Å². The van der Waals surface area contributed by atoms with Gasteiger partial charge in [0.1, 0.15) is 5.82 Å². The predicted octanol–water partition coefficient (Wildman–Crippen LogP) is 3.08. The molecule has 2 aromatic rings. The van der Waals surface area contributed by atoms with Crippen molar-refractivity contribution in [3.63, 3.8) is 0 Å². The summed E-state index contributed by atoms with van der Waals surface area (Å²) in [5.41, 5.74) is 3.16. The Bertz CT molecular complexity index is 1040. The van der Waals surface area contributed by atoms with Gasteiger partial charge in [-0.3, -0.25) is 9.59 Å². The first-order valence-corrected chi connectivity index (χ1v) is 8.78. The first-order chi connectivity index (χ1) is 12.9.